The second-order valence-corrected chi connectivity index (χ2v) is 5.90. The predicted molar refractivity (Wildman–Crippen MR) is 99.2 cm³/mol. The highest BCUT2D eigenvalue weighted by atomic mass is 19.1. The molecule has 0 aliphatic rings. The number of amides is 3. The number of carbonyl (C=O) groups is 4. The van der Waals surface area contributed by atoms with Gasteiger partial charge in [0.1, 0.15) is 17.9 Å². The molecule has 1 aromatic carbocycles. The van der Waals surface area contributed by atoms with Crippen LogP contribution in [-0.4, -0.2) is 42.4 Å². The van der Waals surface area contributed by atoms with Crippen LogP contribution in [0.2, 0.25) is 0 Å². The van der Waals surface area contributed by atoms with Crippen LogP contribution in [-0.2, 0) is 30.3 Å². The molecule has 0 unspecified atom stereocenters. The highest BCUT2D eigenvalue weighted by Gasteiger charge is 2.25. The minimum atomic E-state index is -1.12. The van der Waals surface area contributed by atoms with Gasteiger partial charge in [0.25, 0.3) is 0 Å². The number of esters is 1. The normalized spacial score (nSPS) is 12.8. The minimum Gasteiger partial charge on any atom is -0.463 e. The van der Waals surface area contributed by atoms with Gasteiger partial charge >= 0.3 is 5.97 Å². The van der Waals surface area contributed by atoms with Crippen LogP contribution in [0.1, 0.15) is 25.8 Å². The molecule has 1 aromatic rings. The van der Waals surface area contributed by atoms with Gasteiger partial charge in [-0.2, -0.15) is 0 Å². The molecule has 0 aliphatic carbocycles. The Balaban J connectivity index is 2.84. The van der Waals surface area contributed by atoms with E-state index in [0.717, 1.165) is 6.08 Å². The van der Waals surface area contributed by atoms with Gasteiger partial charge in [0.15, 0.2) is 0 Å². The third kappa shape index (κ3) is 7.98. The molecule has 0 saturated carbocycles. The van der Waals surface area contributed by atoms with E-state index in [2.05, 4.69) is 10.6 Å². The van der Waals surface area contributed by atoms with Crippen LogP contribution >= 0.6 is 0 Å². The van der Waals surface area contributed by atoms with Gasteiger partial charge in [-0.05, 0) is 25.0 Å². The van der Waals surface area contributed by atoms with E-state index < -0.39 is 41.6 Å². The fourth-order valence-corrected chi connectivity index (χ4v) is 2.35. The lowest BCUT2D eigenvalue weighted by Crippen LogP contribution is -2.53. The number of benzene rings is 1. The topological polar surface area (TPSA) is 128 Å². The molecule has 2 atom stereocenters. The van der Waals surface area contributed by atoms with Gasteiger partial charge < -0.3 is 21.1 Å². The van der Waals surface area contributed by atoms with Crippen LogP contribution in [0.5, 0.6) is 0 Å². The summed E-state index contributed by atoms with van der Waals surface area (Å²) in [6.07, 6.45) is 2.31. The highest BCUT2D eigenvalue weighted by Crippen LogP contribution is 2.10. The van der Waals surface area contributed by atoms with Gasteiger partial charge in [0, 0.05) is 19.4 Å². The molecule has 0 heterocycles. The van der Waals surface area contributed by atoms with Crippen molar-refractivity contribution in [3.8, 4) is 0 Å². The van der Waals surface area contributed by atoms with E-state index in [1.165, 1.54) is 31.2 Å². The number of primary amides is 1. The number of rotatable bonds is 10. The van der Waals surface area contributed by atoms with Crippen LogP contribution < -0.4 is 16.4 Å². The maximum Gasteiger partial charge on any atom is 0.330 e. The molecule has 1 rings (SSSR count). The molecule has 0 aromatic heterocycles. The van der Waals surface area contributed by atoms with Crippen molar-refractivity contribution in [2.45, 2.75) is 38.8 Å². The molecule has 28 heavy (non-hydrogen) atoms. The quantitative estimate of drug-likeness (QED) is 0.390. The van der Waals surface area contributed by atoms with Crippen LogP contribution in [0.3, 0.4) is 0 Å². The van der Waals surface area contributed by atoms with Crippen molar-refractivity contribution < 1.29 is 28.3 Å². The summed E-state index contributed by atoms with van der Waals surface area (Å²) >= 11 is 0. The van der Waals surface area contributed by atoms with E-state index in [0.29, 0.717) is 0 Å². The van der Waals surface area contributed by atoms with Gasteiger partial charge in [0.05, 0.1) is 6.61 Å². The number of nitrogens with one attached hydrogen (secondary N) is 2. The van der Waals surface area contributed by atoms with E-state index in [-0.39, 0.29) is 25.0 Å². The summed E-state index contributed by atoms with van der Waals surface area (Å²) in [5, 5.41) is 4.84. The van der Waals surface area contributed by atoms with Crippen molar-refractivity contribution >= 4 is 23.7 Å². The molecule has 8 nitrogen and oxygen atoms in total. The van der Waals surface area contributed by atoms with Crippen LogP contribution in [0.25, 0.3) is 0 Å². The zero-order chi connectivity index (χ0) is 21.1. The summed E-state index contributed by atoms with van der Waals surface area (Å²) in [6, 6.07) is 3.62. The standard InChI is InChI=1S/C19H24FN3O5/c1-3-28-17(25)10-6-9-15(18(21)26)23-19(27)16(22-12(2)24)11-13-7-4-5-8-14(13)20/h4-8,10,15-16H,3,9,11H2,1-2H3,(H2,21,26)(H,22,24)(H,23,27)/b10-6+/t15-,16+/m1/s1. The molecule has 0 spiro atoms. The zero-order valence-corrected chi connectivity index (χ0v) is 15.7. The monoisotopic (exact) mass is 393 g/mol. The maximum atomic E-state index is 13.9. The predicted octanol–water partition coefficient (Wildman–Crippen LogP) is 0.352. The molecule has 152 valence electrons. The van der Waals surface area contributed by atoms with Gasteiger partial charge in [-0.15, -0.1) is 0 Å². The van der Waals surface area contributed by atoms with Crippen molar-refractivity contribution in [2.75, 3.05) is 6.61 Å². The molecule has 9 heteroatoms. The van der Waals surface area contributed by atoms with Crippen molar-refractivity contribution in [1.29, 1.82) is 0 Å². The molecule has 0 saturated heterocycles. The average Bonchev–Trinajstić information content (AvgIpc) is 2.61. The van der Waals surface area contributed by atoms with Crippen molar-refractivity contribution in [1.82, 2.24) is 10.6 Å². The zero-order valence-electron chi connectivity index (χ0n) is 15.7. The number of carbonyl (C=O) groups excluding carboxylic acids is 4. The molecular formula is C19H24FN3O5. The summed E-state index contributed by atoms with van der Waals surface area (Å²) in [5.41, 5.74) is 5.52. The fourth-order valence-electron chi connectivity index (χ4n) is 2.35. The highest BCUT2D eigenvalue weighted by molar-refractivity contribution is 5.91. The van der Waals surface area contributed by atoms with Crippen molar-refractivity contribution in [2.24, 2.45) is 5.73 Å². The summed E-state index contributed by atoms with van der Waals surface area (Å²) in [7, 11) is 0. The number of nitrogens with two attached hydrogens (primary N) is 1. The second-order valence-electron chi connectivity index (χ2n) is 5.90. The first kappa shape index (κ1) is 22.8. The Morgan fingerprint density at radius 1 is 1.18 bits per heavy atom. The van der Waals surface area contributed by atoms with E-state index in [9.17, 15) is 23.6 Å². The smallest absolute Gasteiger partial charge is 0.330 e. The molecule has 0 radical (unpaired) electrons. The molecule has 0 aliphatic heterocycles. The van der Waals surface area contributed by atoms with E-state index in [1.807, 2.05) is 0 Å². The largest absolute Gasteiger partial charge is 0.463 e. The molecule has 0 fully saturated rings. The summed E-state index contributed by atoms with van der Waals surface area (Å²) in [5.74, 6) is -3.13. The number of halogens is 1. The van der Waals surface area contributed by atoms with Gasteiger partial charge in [0.2, 0.25) is 17.7 Å². The first-order valence-electron chi connectivity index (χ1n) is 8.68. The van der Waals surface area contributed by atoms with Crippen molar-refractivity contribution in [3.05, 3.63) is 47.8 Å². The Morgan fingerprint density at radius 3 is 2.43 bits per heavy atom. The molecule has 0 bridgehead atoms. The number of ether oxygens (including phenoxy) is 1. The third-order valence-electron chi connectivity index (χ3n) is 3.65. The Morgan fingerprint density at radius 2 is 1.86 bits per heavy atom. The summed E-state index contributed by atoms with van der Waals surface area (Å²) < 4.78 is 18.6. The molecule has 3 amide bonds. The van der Waals surface area contributed by atoms with E-state index >= 15 is 0 Å². The summed E-state index contributed by atoms with van der Waals surface area (Å²) in [4.78, 5) is 46.8. The van der Waals surface area contributed by atoms with Gasteiger partial charge in [-0.3, -0.25) is 14.4 Å². The Bertz CT molecular complexity index is 751. The van der Waals surface area contributed by atoms with Crippen LogP contribution in [0.15, 0.2) is 36.4 Å². The lowest BCUT2D eigenvalue weighted by Gasteiger charge is -2.21. The Hall–Kier alpha value is -3.23. The molecule has 4 N–H and O–H groups in total. The SMILES string of the molecule is CCOC(=O)/C=C/C[C@@H](NC(=O)[C@H](Cc1ccccc1F)NC(C)=O)C(N)=O. The van der Waals surface area contributed by atoms with E-state index in [1.54, 1.807) is 13.0 Å². The first-order valence-corrected chi connectivity index (χ1v) is 8.68. The van der Waals surface area contributed by atoms with Crippen LogP contribution in [0.4, 0.5) is 4.39 Å². The molecular weight excluding hydrogens is 369 g/mol. The lowest BCUT2D eigenvalue weighted by molar-refractivity contribution is -0.137. The lowest BCUT2D eigenvalue weighted by atomic mass is 10.0. The first-order chi connectivity index (χ1) is 13.2. The summed E-state index contributed by atoms with van der Waals surface area (Å²) in [6.45, 7) is 3.07. The minimum absolute atomic E-state index is 0.0492. The van der Waals surface area contributed by atoms with Gasteiger partial charge in [-0.1, -0.05) is 24.3 Å². The van der Waals surface area contributed by atoms with E-state index in [4.69, 9.17) is 10.5 Å². The number of hydrogen-bond acceptors (Lipinski definition) is 5. The van der Waals surface area contributed by atoms with Crippen LogP contribution in [0, 0.1) is 5.82 Å². The Kier molecular flexibility index (Phi) is 9.35. The average molecular weight is 393 g/mol. The fraction of sp³-hybridized carbons (Fsp3) is 0.368. The maximum absolute atomic E-state index is 13.9. The second kappa shape index (κ2) is 11.5. The van der Waals surface area contributed by atoms with Crippen molar-refractivity contribution in [3.63, 3.8) is 0 Å². The number of hydrogen-bond donors (Lipinski definition) is 3. The van der Waals surface area contributed by atoms with Gasteiger partial charge in [-0.25, -0.2) is 9.18 Å². The Labute approximate surface area is 162 Å². The third-order valence-corrected chi connectivity index (χ3v) is 3.65.